The molecule has 6 nitrogen and oxygen atoms in total. The molecule has 4 rings (SSSR count). The highest BCUT2D eigenvalue weighted by Gasteiger charge is 2.45. The van der Waals surface area contributed by atoms with Crippen molar-refractivity contribution in [3.05, 3.63) is 53.6 Å². The average Bonchev–Trinajstić information content (AvgIpc) is 2.74. The molecule has 158 valence electrons. The monoisotopic (exact) mass is 426 g/mol. The van der Waals surface area contributed by atoms with Crippen LogP contribution in [0.3, 0.4) is 0 Å². The van der Waals surface area contributed by atoms with Gasteiger partial charge < -0.3 is 10.2 Å². The molecule has 2 aliphatic rings. The minimum atomic E-state index is -0.956. The number of amides is 2. The van der Waals surface area contributed by atoms with Crippen molar-refractivity contribution in [3.63, 3.8) is 0 Å². The van der Waals surface area contributed by atoms with Crippen LogP contribution in [0.15, 0.2) is 48.5 Å². The van der Waals surface area contributed by atoms with E-state index in [0.717, 1.165) is 42.6 Å². The Bertz CT molecular complexity index is 969. The van der Waals surface area contributed by atoms with Gasteiger partial charge >= 0.3 is 0 Å². The van der Waals surface area contributed by atoms with Crippen LogP contribution >= 0.6 is 11.6 Å². The molecule has 0 bridgehead atoms. The fraction of sp³-hybridized carbons (Fsp3) is 0.391. The molecule has 30 heavy (non-hydrogen) atoms. The molecule has 1 fully saturated rings. The van der Waals surface area contributed by atoms with Crippen LogP contribution in [0.1, 0.15) is 20.8 Å². The number of fused-ring (bicyclic) bond motifs is 1. The number of benzene rings is 2. The van der Waals surface area contributed by atoms with Gasteiger partial charge in [0.05, 0.1) is 17.4 Å². The smallest absolute Gasteiger partial charge is 0.250 e. The molecule has 0 spiro atoms. The number of nitrogens with one attached hydrogen (secondary N) is 1. The number of carbonyl (C=O) groups excluding carboxylic acids is 2. The Hall–Kier alpha value is -2.57. The van der Waals surface area contributed by atoms with Crippen molar-refractivity contribution < 1.29 is 9.59 Å². The first-order valence-corrected chi connectivity index (χ1v) is 10.7. The first-order chi connectivity index (χ1) is 14.3. The van der Waals surface area contributed by atoms with Crippen molar-refractivity contribution in [1.82, 2.24) is 4.90 Å². The summed E-state index contributed by atoms with van der Waals surface area (Å²) in [6, 6.07) is 15.0. The van der Waals surface area contributed by atoms with E-state index in [-0.39, 0.29) is 17.9 Å². The Balaban J connectivity index is 1.51. The Kier molecular flexibility index (Phi) is 5.47. The zero-order chi connectivity index (χ0) is 21.5. The van der Waals surface area contributed by atoms with Crippen LogP contribution < -0.4 is 15.1 Å². The first-order valence-electron chi connectivity index (χ1n) is 10.3. The van der Waals surface area contributed by atoms with E-state index in [0.29, 0.717) is 5.69 Å². The lowest BCUT2D eigenvalue weighted by Crippen LogP contribution is -2.63. The van der Waals surface area contributed by atoms with E-state index in [9.17, 15) is 9.59 Å². The maximum absolute atomic E-state index is 13.6. The predicted octanol–water partition coefficient (Wildman–Crippen LogP) is 3.61. The molecule has 0 saturated carbocycles. The average molecular weight is 427 g/mol. The van der Waals surface area contributed by atoms with Crippen LogP contribution in [0, 0.1) is 0 Å². The van der Waals surface area contributed by atoms with Crippen molar-refractivity contribution in [1.29, 1.82) is 0 Å². The normalized spacial score (nSPS) is 19.8. The lowest BCUT2D eigenvalue weighted by Gasteiger charge is -2.45. The topological polar surface area (TPSA) is 55.9 Å². The molecule has 1 atom stereocenters. The number of hydrogen-bond donors (Lipinski definition) is 1. The second-order valence-corrected chi connectivity index (χ2v) is 8.82. The van der Waals surface area contributed by atoms with Gasteiger partial charge in [-0.25, -0.2) is 0 Å². The Morgan fingerprint density at radius 1 is 1.07 bits per heavy atom. The highest BCUT2D eigenvalue weighted by Crippen LogP contribution is 2.37. The molecule has 2 amide bonds. The van der Waals surface area contributed by atoms with Gasteiger partial charge in [0, 0.05) is 36.9 Å². The zero-order valence-electron chi connectivity index (χ0n) is 17.6. The number of halogens is 1. The number of piperazine rings is 1. The standard InChI is InChI=1S/C23H27ClN4O2/c1-16(26-11-13-27(14-12-26)18-8-6-7-17(24)15-18)21(29)28-20-10-5-4-9-19(20)25-22(30)23(28,2)3/h4-10,15-16H,11-14H2,1-3H3,(H,25,30)/t16-/m0/s1. The molecule has 7 heteroatoms. The third-order valence-electron chi connectivity index (χ3n) is 6.12. The molecule has 0 aliphatic carbocycles. The van der Waals surface area contributed by atoms with Crippen molar-refractivity contribution in [2.45, 2.75) is 32.4 Å². The quantitative estimate of drug-likeness (QED) is 0.814. The van der Waals surface area contributed by atoms with Crippen LogP contribution in [0.5, 0.6) is 0 Å². The number of nitrogens with zero attached hydrogens (tertiary/aromatic N) is 3. The minimum absolute atomic E-state index is 0.0569. The van der Waals surface area contributed by atoms with E-state index in [4.69, 9.17) is 11.6 Å². The maximum atomic E-state index is 13.6. The van der Waals surface area contributed by atoms with E-state index in [2.05, 4.69) is 21.2 Å². The van der Waals surface area contributed by atoms with Gasteiger partial charge in [0.1, 0.15) is 5.54 Å². The molecular formula is C23H27ClN4O2. The van der Waals surface area contributed by atoms with Crippen molar-refractivity contribution in [2.24, 2.45) is 0 Å². The molecule has 2 aromatic rings. The molecule has 1 N–H and O–H groups in total. The molecule has 1 saturated heterocycles. The predicted molar refractivity (Wildman–Crippen MR) is 121 cm³/mol. The van der Waals surface area contributed by atoms with Gasteiger partial charge in [0.25, 0.3) is 0 Å². The van der Waals surface area contributed by atoms with Gasteiger partial charge in [-0.15, -0.1) is 0 Å². The Morgan fingerprint density at radius 2 is 1.77 bits per heavy atom. The molecule has 0 unspecified atom stereocenters. The molecule has 2 aromatic carbocycles. The van der Waals surface area contributed by atoms with Crippen molar-refractivity contribution in [3.8, 4) is 0 Å². The summed E-state index contributed by atoms with van der Waals surface area (Å²) in [6.45, 7) is 8.68. The molecule has 0 radical (unpaired) electrons. The summed E-state index contributed by atoms with van der Waals surface area (Å²) in [5.74, 6) is -0.231. The van der Waals surface area contributed by atoms with Crippen LogP contribution in [-0.4, -0.2) is 54.5 Å². The van der Waals surface area contributed by atoms with Gasteiger partial charge in [-0.3, -0.25) is 19.4 Å². The summed E-state index contributed by atoms with van der Waals surface area (Å²) in [5.41, 5.74) is 1.57. The summed E-state index contributed by atoms with van der Waals surface area (Å²) in [4.78, 5) is 32.4. The largest absolute Gasteiger partial charge is 0.369 e. The lowest BCUT2D eigenvalue weighted by molar-refractivity contribution is -0.129. The number of hydrogen-bond acceptors (Lipinski definition) is 4. The van der Waals surface area contributed by atoms with E-state index in [1.54, 1.807) is 18.7 Å². The summed E-state index contributed by atoms with van der Waals surface area (Å²) in [7, 11) is 0. The van der Waals surface area contributed by atoms with Crippen molar-refractivity contribution >= 4 is 40.5 Å². The Morgan fingerprint density at radius 3 is 2.47 bits per heavy atom. The molecule has 2 heterocycles. The summed E-state index contributed by atoms with van der Waals surface area (Å²) >= 11 is 6.13. The fourth-order valence-corrected chi connectivity index (χ4v) is 4.41. The number of carbonyl (C=O) groups is 2. The van der Waals surface area contributed by atoms with Crippen LogP contribution in [0.2, 0.25) is 5.02 Å². The number of rotatable bonds is 3. The third-order valence-corrected chi connectivity index (χ3v) is 6.36. The first kappa shape index (κ1) is 20.7. The zero-order valence-corrected chi connectivity index (χ0v) is 18.3. The molecule has 0 aromatic heterocycles. The van der Waals surface area contributed by atoms with Gasteiger partial charge in [0.15, 0.2) is 0 Å². The lowest BCUT2D eigenvalue weighted by atomic mass is 9.95. The third kappa shape index (κ3) is 3.66. The SMILES string of the molecule is C[C@@H](C(=O)N1c2ccccc2NC(=O)C1(C)C)N1CCN(c2cccc(Cl)c2)CC1. The highest BCUT2D eigenvalue weighted by atomic mass is 35.5. The van der Waals surface area contributed by atoms with Gasteiger partial charge in [-0.05, 0) is 51.1 Å². The van der Waals surface area contributed by atoms with E-state index in [1.165, 1.54) is 0 Å². The highest BCUT2D eigenvalue weighted by molar-refractivity contribution is 6.30. The number of anilines is 3. The minimum Gasteiger partial charge on any atom is -0.369 e. The van der Waals surface area contributed by atoms with Crippen LogP contribution in [-0.2, 0) is 9.59 Å². The number of para-hydroxylation sites is 2. The van der Waals surface area contributed by atoms with Gasteiger partial charge in [-0.2, -0.15) is 0 Å². The maximum Gasteiger partial charge on any atom is 0.250 e. The van der Waals surface area contributed by atoms with E-state index < -0.39 is 5.54 Å². The van der Waals surface area contributed by atoms with Crippen molar-refractivity contribution in [2.75, 3.05) is 41.3 Å². The van der Waals surface area contributed by atoms with Gasteiger partial charge in [0.2, 0.25) is 11.8 Å². The summed E-state index contributed by atoms with van der Waals surface area (Å²) in [6.07, 6.45) is 0. The molecular weight excluding hydrogens is 400 g/mol. The van der Waals surface area contributed by atoms with E-state index >= 15 is 0 Å². The van der Waals surface area contributed by atoms with Crippen LogP contribution in [0.4, 0.5) is 17.1 Å². The van der Waals surface area contributed by atoms with Crippen LogP contribution in [0.25, 0.3) is 0 Å². The summed E-state index contributed by atoms with van der Waals surface area (Å²) in [5, 5.41) is 3.64. The summed E-state index contributed by atoms with van der Waals surface area (Å²) < 4.78 is 0. The Labute approximate surface area is 182 Å². The molecule has 2 aliphatic heterocycles. The second kappa shape index (κ2) is 7.93. The van der Waals surface area contributed by atoms with E-state index in [1.807, 2.05) is 49.4 Å². The van der Waals surface area contributed by atoms with Gasteiger partial charge in [-0.1, -0.05) is 29.8 Å². The second-order valence-electron chi connectivity index (χ2n) is 8.38. The fourth-order valence-electron chi connectivity index (χ4n) is 4.23.